The highest BCUT2D eigenvalue weighted by molar-refractivity contribution is 7.90. The van der Waals surface area contributed by atoms with Crippen molar-refractivity contribution in [3.8, 4) is 22.6 Å². The van der Waals surface area contributed by atoms with E-state index in [0.717, 1.165) is 40.4 Å². The SMILES string of the molecule is CC(C)n1cc(CN2CCN(c3cc(S(=O)(=O)NC(=O)c4ccccc4)c(Oc4ccc5[nH]ccc5c4)c([N+](=O)[O-])c3NCC3CCOCC3)CC2)c(-c2ccc(Cl)cc2)cc1=O. The molecule has 4 heterocycles. The fourth-order valence-electron chi connectivity index (χ4n) is 8.15. The van der Waals surface area contributed by atoms with Gasteiger partial charge in [0.05, 0.1) is 10.6 Å². The van der Waals surface area contributed by atoms with Crippen molar-refractivity contribution >= 4 is 55.5 Å². The summed E-state index contributed by atoms with van der Waals surface area (Å²) >= 11 is 6.21. The number of carbonyl (C=O) groups is 1. The quantitative estimate of drug-likeness (QED) is 0.0708. The van der Waals surface area contributed by atoms with Crippen LogP contribution in [0.25, 0.3) is 22.0 Å². The van der Waals surface area contributed by atoms with E-state index in [1.807, 2.05) is 37.1 Å². The number of H-pyrrole nitrogens is 1. The van der Waals surface area contributed by atoms with E-state index in [1.165, 1.54) is 18.2 Å². The van der Waals surface area contributed by atoms with Crippen molar-refractivity contribution in [3.63, 3.8) is 0 Å². The van der Waals surface area contributed by atoms with Crippen LogP contribution in [0.2, 0.25) is 5.02 Å². The summed E-state index contributed by atoms with van der Waals surface area (Å²) in [7, 11) is -4.81. The van der Waals surface area contributed by atoms with Crippen LogP contribution in [0.1, 0.15) is 48.7 Å². The van der Waals surface area contributed by atoms with Crippen LogP contribution in [-0.4, -0.2) is 79.6 Å². The molecule has 2 aromatic heterocycles. The molecule has 1 amide bonds. The molecule has 15 nitrogen and oxygen atoms in total. The van der Waals surface area contributed by atoms with Gasteiger partial charge in [0.25, 0.3) is 21.5 Å². The van der Waals surface area contributed by atoms with Crippen LogP contribution < -0.4 is 25.2 Å². The summed E-state index contributed by atoms with van der Waals surface area (Å²) in [6, 6.07) is 25.0. The summed E-state index contributed by atoms with van der Waals surface area (Å²) in [5.74, 6) is -1.14. The number of amides is 1. The number of piperazine rings is 1. The normalized spacial score (nSPS) is 15.1. The standard InChI is InChI=1S/C46H48ClN7O8S/c1-30(2)53-29-35(38(25-42(53)55)32-8-10-36(47)11-9-32)28-51-18-20-52(21-19-51)40-26-41(63(59,60)50-46(56)33-6-4-3-5-7-33)45(62-37-12-13-39-34(24-37)14-17-48-39)44(54(57)58)43(40)49-27-31-15-22-61-23-16-31/h3-14,17,24-26,29-31,48-49H,15-16,18-23,27-28H2,1-2H3,(H,50,56). The molecule has 3 N–H and O–H groups in total. The Morgan fingerprint density at radius 2 is 1.71 bits per heavy atom. The highest BCUT2D eigenvalue weighted by atomic mass is 35.5. The Labute approximate surface area is 369 Å². The van der Waals surface area contributed by atoms with Crippen LogP contribution in [0.15, 0.2) is 113 Å². The number of carbonyl (C=O) groups excluding carboxylic acids is 1. The fourth-order valence-corrected chi connectivity index (χ4v) is 9.40. The molecule has 0 aliphatic carbocycles. The first-order valence-corrected chi connectivity index (χ1v) is 22.7. The molecule has 4 aromatic carbocycles. The molecule has 0 bridgehead atoms. The Kier molecular flexibility index (Phi) is 12.9. The Morgan fingerprint density at radius 3 is 2.41 bits per heavy atom. The van der Waals surface area contributed by atoms with Crippen LogP contribution in [0.4, 0.5) is 17.1 Å². The summed E-state index contributed by atoms with van der Waals surface area (Å²) in [6.45, 7) is 7.61. The summed E-state index contributed by atoms with van der Waals surface area (Å²) in [5.41, 5.74) is 3.17. The number of rotatable bonds is 14. The third kappa shape index (κ3) is 9.74. The van der Waals surface area contributed by atoms with Gasteiger partial charge in [0.15, 0.2) is 0 Å². The maximum Gasteiger partial charge on any atom is 0.338 e. The van der Waals surface area contributed by atoms with Gasteiger partial charge in [-0.2, -0.15) is 0 Å². The van der Waals surface area contributed by atoms with Crippen molar-refractivity contribution in [2.45, 2.75) is 44.2 Å². The van der Waals surface area contributed by atoms with E-state index < -0.39 is 37.2 Å². The maximum absolute atomic E-state index is 14.5. The second-order valence-corrected chi connectivity index (χ2v) is 18.2. The number of nitro benzene ring substituents is 1. The number of hydrogen-bond acceptors (Lipinski definition) is 11. The number of hydrogen-bond donors (Lipinski definition) is 3. The van der Waals surface area contributed by atoms with Gasteiger partial charge in [-0.1, -0.05) is 41.9 Å². The highest BCUT2D eigenvalue weighted by Crippen LogP contribution is 2.49. The van der Waals surface area contributed by atoms with Gasteiger partial charge in [-0.3, -0.25) is 24.6 Å². The molecule has 8 rings (SSSR count). The number of ether oxygens (including phenoxy) is 2. The zero-order valence-corrected chi connectivity index (χ0v) is 36.5. The first-order chi connectivity index (χ1) is 30.3. The number of fused-ring (bicyclic) bond motifs is 1. The van der Waals surface area contributed by atoms with E-state index in [2.05, 4.69) is 19.9 Å². The largest absolute Gasteiger partial charge is 0.449 e. The Morgan fingerprint density at radius 1 is 0.984 bits per heavy atom. The first kappa shape index (κ1) is 43.4. The molecule has 0 radical (unpaired) electrons. The van der Waals surface area contributed by atoms with E-state index in [0.29, 0.717) is 57.5 Å². The molecule has 2 aliphatic rings. The minimum atomic E-state index is -4.81. The number of nitrogens with one attached hydrogen (secondary N) is 3. The molecule has 328 valence electrons. The Bertz CT molecular complexity index is 2800. The molecule has 0 unspecified atom stereocenters. The predicted octanol–water partition coefficient (Wildman–Crippen LogP) is 8.21. The second kappa shape index (κ2) is 18.6. The third-order valence-corrected chi connectivity index (χ3v) is 13.2. The molecule has 2 saturated heterocycles. The molecule has 17 heteroatoms. The van der Waals surface area contributed by atoms with Gasteiger partial charge in [0.1, 0.15) is 16.3 Å². The molecule has 0 atom stereocenters. The van der Waals surface area contributed by atoms with Crippen molar-refractivity contribution in [1.82, 2.24) is 19.2 Å². The van der Waals surface area contributed by atoms with Crippen molar-refractivity contribution in [2.75, 3.05) is 56.2 Å². The van der Waals surface area contributed by atoms with Gasteiger partial charge in [0.2, 0.25) is 5.75 Å². The summed E-state index contributed by atoms with van der Waals surface area (Å²) in [6.07, 6.45) is 5.13. The average Bonchev–Trinajstić information content (AvgIpc) is 3.75. The maximum atomic E-state index is 14.5. The third-order valence-electron chi connectivity index (χ3n) is 11.6. The van der Waals surface area contributed by atoms with Crippen molar-refractivity contribution in [1.29, 1.82) is 0 Å². The molecule has 6 aromatic rings. The van der Waals surface area contributed by atoms with E-state index in [-0.39, 0.29) is 40.2 Å². The van der Waals surface area contributed by atoms with Crippen LogP contribution >= 0.6 is 11.6 Å². The monoisotopic (exact) mass is 893 g/mol. The van der Waals surface area contributed by atoms with E-state index in [1.54, 1.807) is 71.4 Å². The molecule has 2 fully saturated rings. The van der Waals surface area contributed by atoms with Gasteiger partial charge in [0, 0.05) is 98.5 Å². The van der Waals surface area contributed by atoms with Crippen LogP contribution in [0, 0.1) is 16.0 Å². The number of aromatic nitrogens is 2. The zero-order chi connectivity index (χ0) is 44.3. The average molecular weight is 894 g/mol. The van der Waals surface area contributed by atoms with Crippen LogP contribution in [0.5, 0.6) is 11.5 Å². The van der Waals surface area contributed by atoms with Crippen LogP contribution in [0.3, 0.4) is 0 Å². The van der Waals surface area contributed by atoms with Gasteiger partial charge in [-0.05, 0) is 104 Å². The molecular weight excluding hydrogens is 846 g/mol. The second-order valence-electron chi connectivity index (χ2n) is 16.1. The topological polar surface area (TPSA) is 181 Å². The summed E-state index contributed by atoms with van der Waals surface area (Å²) < 4.78 is 44.8. The Hall–Kier alpha value is -6.20. The van der Waals surface area contributed by atoms with Crippen molar-refractivity contribution in [2.24, 2.45) is 5.92 Å². The lowest BCUT2D eigenvalue weighted by Gasteiger charge is -2.37. The highest BCUT2D eigenvalue weighted by Gasteiger charge is 2.38. The number of nitrogens with zero attached hydrogens (tertiary/aromatic N) is 4. The number of anilines is 2. The van der Waals surface area contributed by atoms with Crippen molar-refractivity contribution in [3.05, 3.63) is 140 Å². The lowest BCUT2D eigenvalue weighted by molar-refractivity contribution is -0.384. The van der Waals surface area contributed by atoms with Gasteiger partial charge >= 0.3 is 5.69 Å². The fraction of sp³-hybridized carbons (Fsp3) is 0.304. The summed E-state index contributed by atoms with van der Waals surface area (Å²) in [4.78, 5) is 46.2. The van der Waals surface area contributed by atoms with Crippen molar-refractivity contribution < 1.29 is 27.6 Å². The van der Waals surface area contributed by atoms with E-state index >= 15 is 0 Å². The number of halogens is 1. The molecule has 2 aliphatic heterocycles. The minimum absolute atomic E-state index is 0.0679. The minimum Gasteiger partial charge on any atom is -0.449 e. The molecule has 0 saturated carbocycles. The number of sulfonamides is 1. The number of benzene rings is 4. The van der Waals surface area contributed by atoms with Gasteiger partial charge in [-0.15, -0.1) is 0 Å². The van der Waals surface area contributed by atoms with Gasteiger partial charge < -0.3 is 29.2 Å². The zero-order valence-electron chi connectivity index (χ0n) is 34.9. The lowest BCUT2D eigenvalue weighted by Crippen LogP contribution is -2.46. The molecule has 0 spiro atoms. The number of aromatic amines is 1. The van der Waals surface area contributed by atoms with E-state index in [4.69, 9.17) is 21.1 Å². The Balaban J connectivity index is 1.19. The molecule has 63 heavy (non-hydrogen) atoms. The lowest BCUT2D eigenvalue weighted by atomic mass is 10.00. The van der Waals surface area contributed by atoms with E-state index in [9.17, 15) is 28.1 Å². The number of nitro groups is 1. The predicted molar refractivity (Wildman–Crippen MR) is 244 cm³/mol. The summed E-state index contributed by atoms with van der Waals surface area (Å²) in [5, 5.41) is 18.2. The van der Waals surface area contributed by atoms with Crippen LogP contribution in [-0.2, 0) is 21.3 Å². The molecular formula is C46H48ClN7O8S. The number of pyridine rings is 1. The first-order valence-electron chi connectivity index (χ1n) is 20.9. The smallest absolute Gasteiger partial charge is 0.338 e. The van der Waals surface area contributed by atoms with Gasteiger partial charge in [-0.25, -0.2) is 13.1 Å².